The van der Waals surface area contributed by atoms with Crippen LogP contribution in [0, 0.1) is 12.3 Å². The average Bonchev–Trinajstić information content (AvgIpc) is 3.00. The number of terminal acetylenes is 1. The minimum absolute atomic E-state index is 0.115. The lowest BCUT2D eigenvalue weighted by atomic mass is 10.2. The molecule has 0 saturated heterocycles. The zero-order valence-electron chi connectivity index (χ0n) is 14.8. The molecule has 0 spiro atoms. The van der Waals surface area contributed by atoms with Gasteiger partial charge in [-0.15, -0.1) is 16.6 Å². The molecule has 7 heteroatoms. The van der Waals surface area contributed by atoms with Crippen molar-refractivity contribution in [1.82, 2.24) is 20.1 Å². The topological polar surface area (TPSA) is 63.1 Å². The normalized spacial score (nSPS) is 10.3. The van der Waals surface area contributed by atoms with Gasteiger partial charge in [0.2, 0.25) is 5.91 Å². The van der Waals surface area contributed by atoms with Gasteiger partial charge in [-0.2, -0.15) is 0 Å². The maximum atomic E-state index is 11.6. The van der Waals surface area contributed by atoms with E-state index in [0.29, 0.717) is 5.16 Å². The van der Waals surface area contributed by atoms with Gasteiger partial charge in [-0.1, -0.05) is 17.7 Å². The van der Waals surface area contributed by atoms with Crippen LogP contribution in [0.3, 0.4) is 0 Å². The van der Waals surface area contributed by atoms with Crippen molar-refractivity contribution in [2.75, 3.05) is 30.3 Å². The summed E-state index contributed by atoms with van der Waals surface area (Å²) >= 11 is 1.34. The van der Waals surface area contributed by atoms with Gasteiger partial charge in [0.1, 0.15) is 0 Å². The van der Waals surface area contributed by atoms with Crippen LogP contribution < -0.4 is 10.2 Å². The molecule has 1 N–H and O–H groups in total. The van der Waals surface area contributed by atoms with Crippen LogP contribution in [-0.2, 0) is 11.8 Å². The van der Waals surface area contributed by atoms with E-state index in [2.05, 4.69) is 52.3 Å². The highest BCUT2D eigenvalue weighted by Crippen LogP contribution is 2.24. The molecule has 0 aliphatic rings. The molecule has 0 unspecified atom stereocenters. The molecular weight excluding hydrogens is 334 g/mol. The lowest BCUT2D eigenvalue weighted by Gasteiger charge is -2.21. The number of amides is 1. The first-order chi connectivity index (χ1) is 12.1. The largest absolute Gasteiger partial charge is 0.372 e. The van der Waals surface area contributed by atoms with E-state index in [1.54, 1.807) is 0 Å². The Morgan fingerprint density at radius 3 is 2.56 bits per heavy atom. The summed E-state index contributed by atoms with van der Waals surface area (Å²) in [6.45, 7) is 6.47. The van der Waals surface area contributed by atoms with E-state index in [4.69, 9.17) is 6.42 Å². The predicted molar refractivity (Wildman–Crippen MR) is 103 cm³/mol. The zero-order chi connectivity index (χ0) is 18.2. The van der Waals surface area contributed by atoms with Gasteiger partial charge >= 0.3 is 0 Å². The van der Waals surface area contributed by atoms with Gasteiger partial charge in [0.25, 0.3) is 0 Å². The Labute approximate surface area is 153 Å². The summed E-state index contributed by atoms with van der Waals surface area (Å²) in [5.41, 5.74) is 2.19. The number of aromatic nitrogens is 3. The number of carbonyl (C=O) groups excluding carboxylic acids is 1. The highest BCUT2D eigenvalue weighted by molar-refractivity contribution is 7.99. The van der Waals surface area contributed by atoms with E-state index in [0.717, 1.165) is 24.5 Å². The second-order valence-electron chi connectivity index (χ2n) is 5.35. The third-order valence-corrected chi connectivity index (χ3v) is 4.83. The van der Waals surface area contributed by atoms with Crippen molar-refractivity contribution in [1.29, 1.82) is 0 Å². The van der Waals surface area contributed by atoms with Crippen molar-refractivity contribution in [3.05, 3.63) is 24.3 Å². The first-order valence-corrected chi connectivity index (χ1v) is 9.17. The molecule has 1 aromatic carbocycles. The van der Waals surface area contributed by atoms with E-state index >= 15 is 0 Å². The van der Waals surface area contributed by atoms with Crippen LogP contribution in [0.25, 0.3) is 11.4 Å². The Kier molecular flexibility index (Phi) is 6.90. The predicted octanol–water partition coefficient (Wildman–Crippen LogP) is 2.17. The number of hydrogen-bond donors (Lipinski definition) is 1. The molecule has 132 valence electrons. The second-order valence-corrected chi connectivity index (χ2v) is 6.30. The third kappa shape index (κ3) is 4.77. The van der Waals surface area contributed by atoms with Gasteiger partial charge in [0.05, 0.1) is 12.3 Å². The van der Waals surface area contributed by atoms with Gasteiger partial charge in [0, 0.05) is 31.4 Å². The Balaban J connectivity index is 2.07. The number of nitrogens with one attached hydrogen (secondary N) is 1. The first-order valence-electron chi connectivity index (χ1n) is 8.18. The highest BCUT2D eigenvalue weighted by atomic mass is 32.2. The quantitative estimate of drug-likeness (QED) is 0.579. The van der Waals surface area contributed by atoms with Crippen molar-refractivity contribution in [3.63, 3.8) is 0 Å². The summed E-state index contributed by atoms with van der Waals surface area (Å²) in [4.78, 5) is 13.9. The van der Waals surface area contributed by atoms with Crippen LogP contribution in [-0.4, -0.2) is 46.1 Å². The number of carbonyl (C=O) groups is 1. The lowest BCUT2D eigenvalue weighted by molar-refractivity contribution is -0.118. The average molecular weight is 357 g/mol. The van der Waals surface area contributed by atoms with E-state index in [9.17, 15) is 4.79 Å². The number of nitrogens with zero attached hydrogens (tertiary/aromatic N) is 4. The molecule has 0 saturated carbocycles. The SMILES string of the molecule is C#CCNC(=O)CSc1nnc(-c2ccc(N(CC)CC)cc2)n1C. The molecule has 0 atom stereocenters. The van der Waals surface area contributed by atoms with Crippen LogP contribution in [0.5, 0.6) is 0 Å². The molecule has 2 aromatic rings. The summed E-state index contributed by atoms with van der Waals surface area (Å²) in [6.07, 6.45) is 5.12. The van der Waals surface area contributed by atoms with Crippen LogP contribution in [0.15, 0.2) is 29.4 Å². The Hall–Kier alpha value is -2.46. The van der Waals surface area contributed by atoms with Crippen LogP contribution in [0.2, 0.25) is 0 Å². The number of thioether (sulfide) groups is 1. The summed E-state index contributed by atoms with van der Waals surface area (Å²) in [6, 6.07) is 8.28. The lowest BCUT2D eigenvalue weighted by Crippen LogP contribution is -2.25. The van der Waals surface area contributed by atoms with Crippen LogP contribution in [0.4, 0.5) is 5.69 Å². The van der Waals surface area contributed by atoms with E-state index in [-0.39, 0.29) is 18.2 Å². The fraction of sp³-hybridized carbons (Fsp3) is 0.389. The monoisotopic (exact) mass is 357 g/mol. The molecule has 2 rings (SSSR count). The van der Waals surface area contributed by atoms with Crippen LogP contribution >= 0.6 is 11.8 Å². The summed E-state index contributed by atoms with van der Waals surface area (Å²) in [7, 11) is 1.90. The van der Waals surface area contributed by atoms with Crippen molar-refractivity contribution in [3.8, 4) is 23.7 Å². The van der Waals surface area contributed by atoms with Gasteiger partial charge in [-0.05, 0) is 38.1 Å². The maximum Gasteiger partial charge on any atom is 0.231 e. The fourth-order valence-corrected chi connectivity index (χ4v) is 3.17. The van der Waals surface area contributed by atoms with Crippen molar-refractivity contribution in [2.45, 2.75) is 19.0 Å². The Morgan fingerprint density at radius 1 is 1.28 bits per heavy atom. The molecule has 0 aliphatic carbocycles. The highest BCUT2D eigenvalue weighted by Gasteiger charge is 2.13. The molecule has 25 heavy (non-hydrogen) atoms. The molecule has 1 amide bonds. The van der Waals surface area contributed by atoms with E-state index in [1.807, 2.05) is 23.7 Å². The molecule has 0 fully saturated rings. The first kappa shape index (κ1) is 18.9. The third-order valence-electron chi connectivity index (χ3n) is 3.81. The van der Waals surface area contributed by atoms with Gasteiger partial charge in [-0.25, -0.2) is 0 Å². The Bertz CT molecular complexity index is 744. The molecular formula is C18H23N5OS. The molecule has 0 bridgehead atoms. The van der Waals surface area contributed by atoms with Gasteiger partial charge in [0.15, 0.2) is 11.0 Å². The van der Waals surface area contributed by atoms with Crippen molar-refractivity contribution < 1.29 is 4.79 Å². The number of anilines is 1. The number of benzene rings is 1. The van der Waals surface area contributed by atoms with Gasteiger partial charge in [-0.3, -0.25) is 4.79 Å². The summed E-state index contributed by atoms with van der Waals surface area (Å²) in [5, 5.41) is 11.8. The molecule has 1 heterocycles. The van der Waals surface area contributed by atoms with E-state index in [1.165, 1.54) is 17.4 Å². The smallest absolute Gasteiger partial charge is 0.231 e. The van der Waals surface area contributed by atoms with E-state index < -0.39 is 0 Å². The minimum atomic E-state index is -0.115. The number of hydrogen-bond acceptors (Lipinski definition) is 5. The molecule has 0 radical (unpaired) electrons. The number of rotatable bonds is 8. The van der Waals surface area contributed by atoms with Crippen LogP contribution in [0.1, 0.15) is 13.8 Å². The minimum Gasteiger partial charge on any atom is -0.372 e. The summed E-state index contributed by atoms with van der Waals surface area (Å²) in [5.74, 6) is 3.30. The molecule has 6 nitrogen and oxygen atoms in total. The van der Waals surface area contributed by atoms with Gasteiger partial charge < -0.3 is 14.8 Å². The molecule has 0 aliphatic heterocycles. The standard InChI is InChI=1S/C18H23N5OS/c1-5-12-19-16(24)13-25-18-21-20-17(22(18)4)14-8-10-15(11-9-14)23(6-2)7-3/h1,8-11H,6-7,12-13H2,2-4H3,(H,19,24). The second kappa shape index (κ2) is 9.14. The van der Waals surface area contributed by atoms with Crippen molar-refractivity contribution >= 4 is 23.4 Å². The fourth-order valence-electron chi connectivity index (χ4n) is 2.43. The Morgan fingerprint density at radius 2 is 1.96 bits per heavy atom. The zero-order valence-corrected chi connectivity index (χ0v) is 15.6. The molecule has 1 aromatic heterocycles. The maximum absolute atomic E-state index is 11.6. The van der Waals surface area contributed by atoms with Crippen molar-refractivity contribution in [2.24, 2.45) is 7.05 Å². The summed E-state index contributed by atoms with van der Waals surface area (Å²) < 4.78 is 1.89.